The summed E-state index contributed by atoms with van der Waals surface area (Å²) in [5.74, 6) is 0. The summed E-state index contributed by atoms with van der Waals surface area (Å²) in [6.45, 7) is 2.45. The lowest BCUT2D eigenvalue weighted by Gasteiger charge is -2.17. The number of carboxylic acid groups (broad SMARTS) is 1. The van der Waals surface area contributed by atoms with Gasteiger partial charge in [-0.1, -0.05) is 13.0 Å². The Kier molecular flexibility index (Phi) is 3.23. The lowest BCUT2D eigenvalue weighted by molar-refractivity contribution is 0.166. The van der Waals surface area contributed by atoms with E-state index in [0.29, 0.717) is 6.54 Å². The molecule has 17 heavy (non-hydrogen) atoms. The summed E-state index contributed by atoms with van der Waals surface area (Å²) in [6.07, 6.45) is 7.05. The van der Waals surface area contributed by atoms with E-state index in [9.17, 15) is 4.79 Å². The van der Waals surface area contributed by atoms with Gasteiger partial charge in [-0.2, -0.15) is 0 Å². The molecule has 0 fully saturated rings. The molecule has 4 nitrogen and oxygen atoms in total. The second-order valence-corrected chi connectivity index (χ2v) is 3.80. The van der Waals surface area contributed by atoms with Crippen molar-refractivity contribution in [3.8, 4) is 0 Å². The van der Waals surface area contributed by atoms with Crippen molar-refractivity contribution in [2.75, 3.05) is 6.54 Å². The van der Waals surface area contributed by atoms with Crippen molar-refractivity contribution in [1.29, 1.82) is 0 Å². The van der Waals surface area contributed by atoms with E-state index in [-0.39, 0.29) is 0 Å². The maximum absolute atomic E-state index is 10.7. The smallest absolute Gasteiger partial charge is 0.411 e. The maximum Gasteiger partial charge on any atom is 0.411 e. The average molecular weight is 230 g/mol. The van der Waals surface area contributed by atoms with Gasteiger partial charge in [-0.25, -0.2) is 4.79 Å². The van der Waals surface area contributed by atoms with Crippen LogP contribution < -0.4 is 0 Å². The van der Waals surface area contributed by atoms with Gasteiger partial charge in [-0.05, 0) is 35.8 Å². The second kappa shape index (κ2) is 4.82. The van der Waals surface area contributed by atoms with Gasteiger partial charge in [0.2, 0.25) is 0 Å². The quantitative estimate of drug-likeness (QED) is 0.849. The molecule has 0 saturated carbocycles. The summed E-state index contributed by atoms with van der Waals surface area (Å²) in [7, 11) is 0. The van der Waals surface area contributed by atoms with Crippen molar-refractivity contribution in [1.82, 2.24) is 9.88 Å². The molecular weight excluding hydrogens is 216 g/mol. The maximum atomic E-state index is 10.7. The van der Waals surface area contributed by atoms with Crippen LogP contribution in [0.2, 0.25) is 0 Å². The molecule has 1 aromatic rings. The van der Waals surface area contributed by atoms with Crippen LogP contribution in [-0.2, 0) is 6.42 Å². The fraction of sp³-hybridized carbons (Fsp3) is 0.231. The van der Waals surface area contributed by atoms with Gasteiger partial charge in [0.25, 0.3) is 0 Å². The Bertz CT molecular complexity index is 492. The topological polar surface area (TPSA) is 53.4 Å². The van der Waals surface area contributed by atoms with Crippen LogP contribution in [0.3, 0.4) is 0 Å². The molecule has 2 rings (SSSR count). The zero-order chi connectivity index (χ0) is 12.3. The molecule has 2 heterocycles. The number of nitrogens with zero attached hydrogens (tertiary/aromatic N) is 2. The fourth-order valence-corrected chi connectivity index (χ4v) is 1.70. The predicted molar refractivity (Wildman–Crippen MR) is 65.5 cm³/mol. The molecule has 0 saturated heterocycles. The molecule has 1 N–H and O–H groups in total. The molecule has 0 spiro atoms. The SMILES string of the molecule is CCc1cc(C2=CCN(C(=O)O)C=C2)ccn1. The highest BCUT2D eigenvalue weighted by Gasteiger charge is 2.11. The molecule has 0 aromatic carbocycles. The zero-order valence-corrected chi connectivity index (χ0v) is 9.63. The largest absolute Gasteiger partial charge is 0.465 e. The van der Waals surface area contributed by atoms with E-state index in [1.807, 2.05) is 24.3 Å². The number of pyridine rings is 1. The molecule has 0 bridgehead atoms. The lowest BCUT2D eigenvalue weighted by Crippen LogP contribution is -2.25. The highest BCUT2D eigenvalue weighted by molar-refractivity contribution is 5.77. The van der Waals surface area contributed by atoms with Gasteiger partial charge in [-0.15, -0.1) is 0 Å². The Hall–Kier alpha value is -2.10. The van der Waals surface area contributed by atoms with Crippen LogP contribution in [0.15, 0.2) is 36.7 Å². The Morgan fingerprint density at radius 3 is 3.00 bits per heavy atom. The molecule has 0 aliphatic carbocycles. The Balaban J connectivity index is 2.20. The van der Waals surface area contributed by atoms with Crippen molar-refractivity contribution in [2.45, 2.75) is 13.3 Å². The summed E-state index contributed by atoms with van der Waals surface area (Å²) in [5.41, 5.74) is 3.16. The van der Waals surface area contributed by atoms with E-state index in [2.05, 4.69) is 11.9 Å². The fourth-order valence-electron chi connectivity index (χ4n) is 1.70. The Labute approximate surface area is 99.9 Å². The van der Waals surface area contributed by atoms with Crippen LogP contribution in [0.4, 0.5) is 4.79 Å². The number of carbonyl (C=O) groups is 1. The van der Waals surface area contributed by atoms with Crippen LogP contribution in [0.1, 0.15) is 18.2 Å². The second-order valence-electron chi connectivity index (χ2n) is 3.80. The van der Waals surface area contributed by atoms with Gasteiger partial charge in [0.05, 0.1) is 0 Å². The van der Waals surface area contributed by atoms with Gasteiger partial charge in [0.1, 0.15) is 0 Å². The van der Waals surface area contributed by atoms with E-state index >= 15 is 0 Å². The number of rotatable bonds is 2. The predicted octanol–water partition coefficient (Wildman–Crippen LogP) is 2.53. The van der Waals surface area contributed by atoms with Crippen LogP contribution in [-0.4, -0.2) is 27.6 Å². The normalized spacial score (nSPS) is 14.6. The van der Waals surface area contributed by atoms with Gasteiger partial charge >= 0.3 is 6.09 Å². The monoisotopic (exact) mass is 230 g/mol. The zero-order valence-electron chi connectivity index (χ0n) is 9.63. The van der Waals surface area contributed by atoms with Gasteiger partial charge < -0.3 is 5.11 Å². The molecule has 1 aromatic heterocycles. The minimum atomic E-state index is -0.930. The third kappa shape index (κ3) is 2.53. The molecular formula is C13H14N2O2. The highest BCUT2D eigenvalue weighted by atomic mass is 16.4. The van der Waals surface area contributed by atoms with Crippen molar-refractivity contribution in [3.05, 3.63) is 47.9 Å². The van der Waals surface area contributed by atoms with Crippen molar-refractivity contribution < 1.29 is 9.90 Å². The molecule has 1 amide bonds. The van der Waals surface area contributed by atoms with Crippen LogP contribution in [0.25, 0.3) is 5.57 Å². The van der Waals surface area contributed by atoms with E-state index < -0.39 is 6.09 Å². The van der Waals surface area contributed by atoms with Crippen LogP contribution >= 0.6 is 0 Å². The first-order valence-electron chi connectivity index (χ1n) is 5.54. The molecule has 0 unspecified atom stereocenters. The molecule has 4 heteroatoms. The average Bonchev–Trinajstić information content (AvgIpc) is 2.39. The van der Waals surface area contributed by atoms with Crippen LogP contribution in [0, 0.1) is 0 Å². The van der Waals surface area contributed by atoms with Crippen LogP contribution in [0.5, 0.6) is 0 Å². The first-order chi connectivity index (χ1) is 8.20. The van der Waals surface area contributed by atoms with E-state index in [1.54, 1.807) is 12.4 Å². The van der Waals surface area contributed by atoms with E-state index in [0.717, 1.165) is 23.3 Å². The highest BCUT2D eigenvalue weighted by Crippen LogP contribution is 2.19. The van der Waals surface area contributed by atoms with Gasteiger partial charge in [-0.3, -0.25) is 9.88 Å². The molecule has 1 aliphatic heterocycles. The number of allylic oxidation sites excluding steroid dienone is 2. The number of aromatic nitrogens is 1. The van der Waals surface area contributed by atoms with Crippen molar-refractivity contribution in [3.63, 3.8) is 0 Å². The van der Waals surface area contributed by atoms with E-state index in [1.165, 1.54) is 4.90 Å². The number of hydrogen-bond acceptors (Lipinski definition) is 2. The van der Waals surface area contributed by atoms with Gasteiger partial charge in [0.15, 0.2) is 0 Å². The summed E-state index contributed by atoms with van der Waals surface area (Å²) in [4.78, 5) is 16.2. The number of amides is 1. The minimum Gasteiger partial charge on any atom is -0.465 e. The van der Waals surface area contributed by atoms with Crippen molar-refractivity contribution in [2.24, 2.45) is 0 Å². The lowest BCUT2D eigenvalue weighted by atomic mass is 10.0. The summed E-state index contributed by atoms with van der Waals surface area (Å²) >= 11 is 0. The Morgan fingerprint density at radius 2 is 2.41 bits per heavy atom. The molecule has 1 aliphatic rings. The summed E-state index contributed by atoms with van der Waals surface area (Å²) in [6, 6.07) is 3.97. The molecule has 0 radical (unpaired) electrons. The minimum absolute atomic E-state index is 0.394. The number of hydrogen-bond donors (Lipinski definition) is 1. The standard InChI is InChI=1S/C13H14N2O2/c1-2-12-9-11(3-6-14-12)10-4-7-15(8-5-10)13(16)17/h3-7,9H,2,8H2,1H3,(H,16,17). The molecule has 0 atom stereocenters. The first-order valence-corrected chi connectivity index (χ1v) is 5.54. The van der Waals surface area contributed by atoms with Crippen molar-refractivity contribution >= 4 is 11.7 Å². The number of aryl methyl sites for hydroxylation is 1. The molecule has 88 valence electrons. The van der Waals surface area contributed by atoms with Gasteiger partial charge in [0, 0.05) is 24.6 Å². The third-order valence-corrected chi connectivity index (χ3v) is 2.70. The summed E-state index contributed by atoms with van der Waals surface area (Å²) < 4.78 is 0. The third-order valence-electron chi connectivity index (χ3n) is 2.70. The Morgan fingerprint density at radius 1 is 1.59 bits per heavy atom. The summed E-state index contributed by atoms with van der Waals surface area (Å²) in [5, 5.41) is 8.81. The first kappa shape index (κ1) is 11.4. The van der Waals surface area contributed by atoms with E-state index in [4.69, 9.17) is 5.11 Å².